The molecule has 0 unspecified atom stereocenters. The van der Waals surface area contributed by atoms with E-state index in [1.54, 1.807) is 24.7 Å². The number of aromatic nitrogens is 4. The Morgan fingerprint density at radius 3 is 2.82 bits per heavy atom. The predicted molar refractivity (Wildman–Crippen MR) is 104 cm³/mol. The Morgan fingerprint density at radius 2 is 2.04 bits per heavy atom. The van der Waals surface area contributed by atoms with Crippen LogP contribution in [-0.4, -0.2) is 25.3 Å². The van der Waals surface area contributed by atoms with E-state index in [1.165, 1.54) is 0 Å². The summed E-state index contributed by atoms with van der Waals surface area (Å²) < 4.78 is 7.66. The number of hydrogen-bond donors (Lipinski definition) is 1. The van der Waals surface area contributed by atoms with E-state index in [4.69, 9.17) is 4.74 Å². The van der Waals surface area contributed by atoms with E-state index in [-0.39, 0.29) is 12.5 Å². The summed E-state index contributed by atoms with van der Waals surface area (Å²) in [6.07, 6.45) is 6.88. The quantitative estimate of drug-likeness (QED) is 0.579. The number of ether oxygens (including phenoxy) is 1. The van der Waals surface area contributed by atoms with Gasteiger partial charge in [0.05, 0.1) is 6.20 Å². The van der Waals surface area contributed by atoms with Gasteiger partial charge in [0.1, 0.15) is 17.1 Å². The average molecular weight is 373 g/mol. The van der Waals surface area contributed by atoms with Gasteiger partial charge in [-0.25, -0.2) is 9.97 Å². The molecule has 7 heteroatoms. The Hall–Kier alpha value is -3.74. The molecule has 0 atom stereocenters. The van der Waals surface area contributed by atoms with E-state index in [0.29, 0.717) is 17.3 Å². The maximum absolute atomic E-state index is 12.5. The molecule has 1 N–H and O–H groups in total. The van der Waals surface area contributed by atoms with Crippen LogP contribution in [0.25, 0.3) is 5.65 Å². The lowest BCUT2D eigenvalue weighted by Gasteiger charge is -2.10. The maximum atomic E-state index is 12.5. The van der Waals surface area contributed by atoms with Gasteiger partial charge in [0.15, 0.2) is 0 Å². The molecule has 4 aromatic heterocycles. The number of fused-ring (bicyclic) bond motifs is 1. The molecule has 1 amide bonds. The van der Waals surface area contributed by atoms with Crippen molar-refractivity contribution in [2.45, 2.75) is 20.4 Å². The van der Waals surface area contributed by atoms with Crippen LogP contribution in [0.2, 0.25) is 0 Å². The first-order valence-corrected chi connectivity index (χ1v) is 8.87. The third kappa shape index (κ3) is 3.68. The van der Waals surface area contributed by atoms with Gasteiger partial charge in [-0.3, -0.25) is 9.78 Å². The highest BCUT2D eigenvalue weighted by molar-refractivity contribution is 5.93. The van der Waals surface area contributed by atoms with Crippen molar-refractivity contribution in [2.24, 2.45) is 0 Å². The van der Waals surface area contributed by atoms with Gasteiger partial charge < -0.3 is 14.5 Å². The Morgan fingerprint density at radius 1 is 1.14 bits per heavy atom. The second kappa shape index (κ2) is 7.48. The van der Waals surface area contributed by atoms with Crippen LogP contribution >= 0.6 is 0 Å². The monoisotopic (exact) mass is 373 g/mol. The minimum Gasteiger partial charge on any atom is -0.437 e. The van der Waals surface area contributed by atoms with E-state index in [2.05, 4.69) is 20.3 Å². The van der Waals surface area contributed by atoms with Gasteiger partial charge >= 0.3 is 0 Å². The molecule has 0 saturated heterocycles. The van der Waals surface area contributed by atoms with Crippen molar-refractivity contribution in [3.05, 3.63) is 83.7 Å². The lowest BCUT2D eigenvalue weighted by atomic mass is 10.2. The van der Waals surface area contributed by atoms with Gasteiger partial charge in [0, 0.05) is 36.4 Å². The van der Waals surface area contributed by atoms with Crippen LogP contribution in [0.15, 0.2) is 61.2 Å². The van der Waals surface area contributed by atoms with E-state index in [9.17, 15) is 4.79 Å². The largest absolute Gasteiger partial charge is 0.437 e. The molecule has 0 saturated carbocycles. The molecule has 7 nitrogen and oxygen atoms in total. The predicted octanol–water partition coefficient (Wildman–Crippen LogP) is 3.46. The number of imidazole rings is 1. The Labute approximate surface area is 162 Å². The SMILES string of the molecule is Cc1ccc(Oc2ncccc2CNC(=O)c2cn3cccc(C)c3n2)cn1. The van der Waals surface area contributed by atoms with Crippen LogP contribution in [-0.2, 0) is 6.54 Å². The first-order chi connectivity index (χ1) is 13.6. The van der Waals surface area contributed by atoms with Crippen molar-refractivity contribution in [2.75, 3.05) is 0 Å². The normalized spacial score (nSPS) is 10.8. The molecule has 4 heterocycles. The molecular weight excluding hydrogens is 354 g/mol. The van der Waals surface area contributed by atoms with E-state index in [1.807, 2.05) is 54.8 Å². The zero-order valence-corrected chi connectivity index (χ0v) is 15.6. The molecule has 0 bridgehead atoms. The second-order valence-corrected chi connectivity index (χ2v) is 6.44. The summed E-state index contributed by atoms with van der Waals surface area (Å²) in [4.78, 5) is 25.5. The summed E-state index contributed by atoms with van der Waals surface area (Å²) in [6.45, 7) is 4.14. The number of aryl methyl sites for hydroxylation is 2. The van der Waals surface area contributed by atoms with E-state index in [0.717, 1.165) is 22.5 Å². The van der Waals surface area contributed by atoms with Gasteiger partial charge in [0.2, 0.25) is 5.88 Å². The number of nitrogens with one attached hydrogen (secondary N) is 1. The molecule has 0 radical (unpaired) electrons. The summed E-state index contributed by atoms with van der Waals surface area (Å²) >= 11 is 0. The lowest BCUT2D eigenvalue weighted by Crippen LogP contribution is -2.23. The molecule has 0 fully saturated rings. The van der Waals surface area contributed by atoms with Gasteiger partial charge in [0.25, 0.3) is 5.91 Å². The summed E-state index contributed by atoms with van der Waals surface area (Å²) in [7, 11) is 0. The summed E-state index contributed by atoms with van der Waals surface area (Å²) in [5.74, 6) is 0.766. The number of rotatable bonds is 5. The van der Waals surface area contributed by atoms with Gasteiger partial charge in [-0.15, -0.1) is 0 Å². The van der Waals surface area contributed by atoms with Crippen molar-refractivity contribution >= 4 is 11.6 Å². The molecule has 0 spiro atoms. The van der Waals surface area contributed by atoms with Gasteiger partial charge in [-0.1, -0.05) is 12.1 Å². The molecule has 28 heavy (non-hydrogen) atoms. The van der Waals surface area contributed by atoms with Crippen molar-refractivity contribution in [1.82, 2.24) is 24.7 Å². The first kappa shape index (κ1) is 17.7. The van der Waals surface area contributed by atoms with Crippen LogP contribution in [0.3, 0.4) is 0 Å². The minimum absolute atomic E-state index is 0.255. The summed E-state index contributed by atoms with van der Waals surface area (Å²) in [6, 6.07) is 11.2. The first-order valence-electron chi connectivity index (χ1n) is 8.87. The molecule has 0 aliphatic heterocycles. The van der Waals surface area contributed by atoms with Crippen LogP contribution in [0, 0.1) is 13.8 Å². The molecule has 0 aromatic carbocycles. The summed E-state index contributed by atoms with van der Waals surface area (Å²) in [5, 5.41) is 2.88. The van der Waals surface area contributed by atoms with Crippen LogP contribution in [0.4, 0.5) is 0 Å². The van der Waals surface area contributed by atoms with Crippen molar-refractivity contribution in [3.8, 4) is 11.6 Å². The lowest BCUT2D eigenvalue weighted by molar-refractivity contribution is 0.0946. The van der Waals surface area contributed by atoms with Crippen molar-refractivity contribution in [3.63, 3.8) is 0 Å². The molecular formula is C21H19N5O2. The minimum atomic E-state index is -0.255. The van der Waals surface area contributed by atoms with Gasteiger partial charge in [-0.2, -0.15) is 0 Å². The fourth-order valence-corrected chi connectivity index (χ4v) is 2.81. The third-order valence-corrected chi connectivity index (χ3v) is 4.30. The van der Waals surface area contributed by atoms with E-state index < -0.39 is 0 Å². The third-order valence-electron chi connectivity index (χ3n) is 4.30. The second-order valence-electron chi connectivity index (χ2n) is 6.44. The Balaban J connectivity index is 1.49. The average Bonchev–Trinajstić information content (AvgIpc) is 3.15. The zero-order valence-electron chi connectivity index (χ0n) is 15.6. The molecule has 4 rings (SSSR count). The Bertz CT molecular complexity index is 1140. The number of hydrogen-bond acceptors (Lipinski definition) is 5. The highest BCUT2D eigenvalue weighted by atomic mass is 16.5. The number of carbonyl (C=O) groups is 1. The highest BCUT2D eigenvalue weighted by Gasteiger charge is 2.13. The number of carbonyl (C=O) groups excluding carboxylic acids is 1. The van der Waals surface area contributed by atoms with Crippen LogP contribution in [0.1, 0.15) is 27.3 Å². The molecule has 0 aliphatic carbocycles. The number of amides is 1. The summed E-state index contributed by atoms with van der Waals surface area (Å²) in [5.41, 5.74) is 3.81. The van der Waals surface area contributed by atoms with Crippen molar-refractivity contribution in [1.29, 1.82) is 0 Å². The standard InChI is InChI=1S/C21H19N5O2/c1-14-5-4-10-26-13-18(25-19(14)26)20(27)24-11-16-6-3-9-22-21(16)28-17-8-7-15(2)23-12-17/h3-10,12-13H,11H2,1-2H3,(H,24,27). The Kier molecular flexibility index (Phi) is 4.72. The smallest absolute Gasteiger partial charge is 0.271 e. The fraction of sp³-hybridized carbons (Fsp3) is 0.143. The van der Waals surface area contributed by atoms with E-state index >= 15 is 0 Å². The number of nitrogens with zero attached hydrogens (tertiary/aromatic N) is 4. The molecule has 4 aromatic rings. The van der Waals surface area contributed by atoms with Gasteiger partial charge in [-0.05, 0) is 43.7 Å². The topological polar surface area (TPSA) is 81.4 Å². The van der Waals surface area contributed by atoms with Crippen LogP contribution in [0.5, 0.6) is 11.6 Å². The number of pyridine rings is 3. The molecule has 140 valence electrons. The fourth-order valence-electron chi connectivity index (χ4n) is 2.81. The zero-order chi connectivity index (χ0) is 19.5. The highest BCUT2D eigenvalue weighted by Crippen LogP contribution is 2.22. The maximum Gasteiger partial charge on any atom is 0.271 e. The van der Waals surface area contributed by atoms with Crippen LogP contribution < -0.4 is 10.1 Å². The molecule has 0 aliphatic rings. The van der Waals surface area contributed by atoms with Crippen molar-refractivity contribution < 1.29 is 9.53 Å².